The number of anilines is 1. The summed E-state index contributed by atoms with van der Waals surface area (Å²) in [5.74, 6) is 1.86. The van der Waals surface area contributed by atoms with Crippen LogP contribution in [-0.2, 0) is 11.2 Å². The van der Waals surface area contributed by atoms with Crippen LogP contribution in [-0.4, -0.2) is 57.2 Å². The van der Waals surface area contributed by atoms with E-state index < -0.39 is 0 Å². The molecule has 0 aliphatic carbocycles. The number of benzene rings is 2. The molecule has 3 rings (SSSR count). The summed E-state index contributed by atoms with van der Waals surface area (Å²) in [6, 6.07) is 13.4. The number of nitrogens with one attached hydrogen (secondary N) is 2. The van der Waals surface area contributed by atoms with Crippen LogP contribution in [0.1, 0.15) is 12.0 Å². The van der Waals surface area contributed by atoms with E-state index in [-0.39, 0.29) is 12.5 Å². The van der Waals surface area contributed by atoms with E-state index in [9.17, 15) is 4.79 Å². The predicted molar refractivity (Wildman–Crippen MR) is 120 cm³/mol. The van der Waals surface area contributed by atoms with Crippen LogP contribution in [0.25, 0.3) is 0 Å². The van der Waals surface area contributed by atoms with Crippen molar-refractivity contribution in [2.75, 3.05) is 45.7 Å². The number of likely N-dealkylation sites (N-methyl/N-ethyl adjacent to an activating group) is 1. The first-order valence-electron chi connectivity index (χ1n) is 9.91. The summed E-state index contributed by atoms with van der Waals surface area (Å²) >= 11 is 6.06. The molecule has 1 aliphatic rings. The van der Waals surface area contributed by atoms with Crippen molar-refractivity contribution in [3.8, 4) is 11.5 Å². The van der Waals surface area contributed by atoms with Gasteiger partial charge in [-0.25, -0.2) is 4.99 Å². The van der Waals surface area contributed by atoms with E-state index >= 15 is 0 Å². The number of hydrogen-bond donors (Lipinski definition) is 2. The van der Waals surface area contributed by atoms with Crippen molar-refractivity contribution in [1.82, 2.24) is 10.2 Å². The van der Waals surface area contributed by atoms with Gasteiger partial charge in [-0.05, 0) is 36.2 Å². The van der Waals surface area contributed by atoms with Crippen LogP contribution < -0.4 is 20.1 Å². The van der Waals surface area contributed by atoms with Gasteiger partial charge in [0.25, 0.3) is 0 Å². The van der Waals surface area contributed by atoms with Gasteiger partial charge in [-0.15, -0.1) is 0 Å². The number of amides is 1. The van der Waals surface area contributed by atoms with E-state index in [4.69, 9.17) is 21.1 Å². The first kappa shape index (κ1) is 21.8. The van der Waals surface area contributed by atoms with Crippen LogP contribution in [0.5, 0.6) is 11.5 Å². The number of halogens is 1. The zero-order chi connectivity index (χ0) is 21.3. The molecule has 1 aliphatic heterocycles. The minimum atomic E-state index is -0.0791. The Balaban J connectivity index is 1.68. The molecule has 0 spiro atoms. The highest BCUT2D eigenvalue weighted by Gasteiger charge is 2.12. The number of rotatable bonds is 6. The lowest BCUT2D eigenvalue weighted by Gasteiger charge is -2.15. The van der Waals surface area contributed by atoms with E-state index in [0.717, 1.165) is 29.8 Å². The Morgan fingerprint density at radius 1 is 1.13 bits per heavy atom. The van der Waals surface area contributed by atoms with Gasteiger partial charge < -0.3 is 25.0 Å². The number of ether oxygens (including phenoxy) is 2. The van der Waals surface area contributed by atoms with Crippen molar-refractivity contribution in [2.45, 2.75) is 12.8 Å². The fraction of sp³-hybridized carbons (Fsp3) is 0.364. The Kier molecular flexibility index (Phi) is 7.79. The summed E-state index contributed by atoms with van der Waals surface area (Å²) in [5, 5.41) is 7.24. The van der Waals surface area contributed by atoms with Crippen molar-refractivity contribution in [2.24, 2.45) is 4.99 Å². The molecule has 0 saturated heterocycles. The molecule has 8 heteroatoms. The lowest BCUT2D eigenvalue weighted by Crippen LogP contribution is -2.34. The number of guanidine groups is 1. The molecule has 2 aromatic rings. The predicted octanol–water partition coefficient (Wildman–Crippen LogP) is 3.19. The van der Waals surface area contributed by atoms with Gasteiger partial charge in [0.15, 0.2) is 17.5 Å². The lowest BCUT2D eigenvalue weighted by molar-refractivity contribution is -0.127. The number of hydrogen-bond acceptors (Lipinski definition) is 4. The summed E-state index contributed by atoms with van der Waals surface area (Å²) < 4.78 is 11.4. The van der Waals surface area contributed by atoms with Gasteiger partial charge in [0.05, 0.1) is 13.2 Å². The summed E-state index contributed by atoms with van der Waals surface area (Å²) in [5.41, 5.74) is 1.92. The van der Waals surface area contributed by atoms with Crippen LogP contribution in [0.3, 0.4) is 0 Å². The van der Waals surface area contributed by atoms with Gasteiger partial charge in [0.1, 0.15) is 6.54 Å². The molecule has 0 radical (unpaired) electrons. The SMILES string of the molecule is CN(C)C(=O)CN=C(NCCc1cccc(Cl)c1)Nc1ccc2c(c1)OCCCO2. The van der Waals surface area contributed by atoms with Crippen molar-refractivity contribution in [1.29, 1.82) is 0 Å². The largest absolute Gasteiger partial charge is 0.490 e. The van der Waals surface area contributed by atoms with E-state index in [1.54, 1.807) is 14.1 Å². The van der Waals surface area contributed by atoms with Crippen molar-refractivity contribution < 1.29 is 14.3 Å². The van der Waals surface area contributed by atoms with Gasteiger partial charge in [-0.3, -0.25) is 4.79 Å². The zero-order valence-corrected chi connectivity index (χ0v) is 18.0. The molecule has 1 heterocycles. The maximum Gasteiger partial charge on any atom is 0.243 e. The second-order valence-electron chi connectivity index (χ2n) is 7.10. The Hall–Kier alpha value is -2.93. The van der Waals surface area contributed by atoms with E-state index in [1.807, 2.05) is 42.5 Å². The monoisotopic (exact) mass is 430 g/mol. The van der Waals surface area contributed by atoms with Gasteiger partial charge >= 0.3 is 0 Å². The van der Waals surface area contributed by atoms with Crippen molar-refractivity contribution >= 4 is 29.2 Å². The highest BCUT2D eigenvalue weighted by molar-refractivity contribution is 6.30. The number of aliphatic imine (C=N–C) groups is 1. The molecule has 1 amide bonds. The second kappa shape index (κ2) is 10.7. The van der Waals surface area contributed by atoms with Crippen LogP contribution in [0.2, 0.25) is 5.02 Å². The molecule has 2 aromatic carbocycles. The fourth-order valence-electron chi connectivity index (χ4n) is 2.82. The summed E-state index contributed by atoms with van der Waals surface area (Å²) in [6.07, 6.45) is 1.62. The van der Waals surface area contributed by atoms with E-state index in [0.29, 0.717) is 36.5 Å². The van der Waals surface area contributed by atoms with Crippen LogP contribution in [0.4, 0.5) is 5.69 Å². The normalized spacial score (nSPS) is 13.4. The van der Waals surface area contributed by atoms with Gasteiger partial charge in [0.2, 0.25) is 5.91 Å². The third-order valence-electron chi connectivity index (χ3n) is 4.48. The van der Waals surface area contributed by atoms with Gasteiger partial charge in [0, 0.05) is 43.8 Å². The molecule has 160 valence electrons. The quantitative estimate of drug-likeness (QED) is 0.543. The highest BCUT2D eigenvalue weighted by atomic mass is 35.5. The molecule has 0 saturated carbocycles. The molecular formula is C22H27ClN4O3. The minimum absolute atomic E-state index is 0.0457. The summed E-state index contributed by atoms with van der Waals surface area (Å²) in [4.78, 5) is 17.9. The maximum absolute atomic E-state index is 12.0. The molecule has 30 heavy (non-hydrogen) atoms. The van der Waals surface area contributed by atoms with Crippen molar-refractivity contribution in [3.63, 3.8) is 0 Å². The first-order chi connectivity index (χ1) is 14.5. The van der Waals surface area contributed by atoms with Gasteiger partial charge in [-0.2, -0.15) is 0 Å². The Morgan fingerprint density at radius 2 is 1.93 bits per heavy atom. The number of fused-ring (bicyclic) bond motifs is 1. The summed E-state index contributed by atoms with van der Waals surface area (Å²) in [6.45, 7) is 1.94. The maximum atomic E-state index is 12.0. The average Bonchev–Trinajstić information content (AvgIpc) is 2.96. The van der Waals surface area contributed by atoms with E-state index in [1.165, 1.54) is 4.90 Å². The third kappa shape index (κ3) is 6.56. The van der Waals surface area contributed by atoms with Crippen LogP contribution in [0, 0.1) is 0 Å². The Bertz CT molecular complexity index is 902. The number of nitrogens with zero attached hydrogens (tertiary/aromatic N) is 2. The molecule has 0 fully saturated rings. The number of carbonyl (C=O) groups is 1. The van der Waals surface area contributed by atoms with E-state index in [2.05, 4.69) is 15.6 Å². The average molecular weight is 431 g/mol. The lowest BCUT2D eigenvalue weighted by atomic mass is 10.1. The third-order valence-corrected chi connectivity index (χ3v) is 4.71. The van der Waals surface area contributed by atoms with Crippen LogP contribution >= 0.6 is 11.6 Å². The summed E-state index contributed by atoms with van der Waals surface area (Å²) in [7, 11) is 3.42. The first-order valence-corrected chi connectivity index (χ1v) is 10.3. The highest BCUT2D eigenvalue weighted by Crippen LogP contribution is 2.32. The molecule has 2 N–H and O–H groups in total. The molecule has 0 bridgehead atoms. The Morgan fingerprint density at radius 3 is 2.70 bits per heavy atom. The molecule has 0 aromatic heterocycles. The Labute approximate surface area is 182 Å². The standard InChI is InChI=1S/C22H27ClN4O3/c1-27(2)21(28)15-25-22(24-10-9-16-5-3-6-17(23)13-16)26-18-7-8-19-20(14-18)30-12-4-11-29-19/h3,5-8,13-14H,4,9-12,15H2,1-2H3,(H2,24,25,26). The van der Waals surface area contributed by atoms with Crippen LogP contribution in [0.15, 0.2) is 47.5 Å². The van der Waals surface area contributed by atoms with Gasteiger partial charge in [-0.1, -0.05) is 23.7 Å². The molecule has 0 atom stereocenters. The second-order valence-corrected chi connectivity index (χ2v) is 7.53. The fourth-order valence-corrected chi connectivity index (χ4v) is 3.04. The smallest absolute Gasteiger partial charge is 0.243 e. The molecular weight excluding hydrogens is 404 g/mol. The molecule has 7 nitrogen and oxygen atoms in total. The van der Waals surface area contributed by atoms with Crippen molar-refractivity contribution in [3.05, 3.63) is 53.1 Å². The molecule has 0 unspecified atom stereocenters. The zero-order valence-electron chi connectivity index (χ0n) is 17.3. The topological polar surface area (TPSA) is 75.2 Å². The minimum Gasteiger partial charge on any atom is -0.490 e. The number of carbonyl (C=O) groups excluding carboxylic acids is 1.